The summed E-state index contributed by atoms with van der Waals surface area (Å²) in [4.78, 5) is 6.63. The standard InChI is InChI=1S/C13H26N4O2S/c1-20(18,19)16-12-7-5-6-11(12)10-15-13(14)17-8-3-2-4-9-17/h11-12,16H,2-10H2,1H3,(H2,14,15). The second-order valence-corrected chi connectivity index (χ2v) is 7.71. The molecule has 2 fully saturated rings. The molecular formula is C13H26N4O2S. The Kier molecular flexibility index (Phi) is 5.26. The van der Waals surface area contributed by atoms with E-state index >= 15 is 0 Å². The number of piperidine rings is 1. The van der Waals surface area contributed by atoms with Gasteiger partial charge in [-0.1, -0.05) is 6.42 Å². The number of hydrogen-bond acceptors (Lipinski definition) is 3. The fourth-order valence-electron chi connectivity index (χ4n) is 3.12. The van der Waals surface area contributed by atoms with Crippen LogP contribution in [0.2, 0.25) is 0 Å². The summed E-state index contributed by atoms with van der Waals surface area (Å²) in [6.07, 6.45) is 7.81. The molecule has 1 heterocycles. The molecular weight excluding hydrogens is 276 g/mol. The van der Waals surface area contributed by atoms with E-state index in [2.05, 4.69) is 14.6 Å². The number of nitrogens with one attached hydrogen (secondary N) is 1. The van der Waals surface area contributed by atoms with Gasteiger partial charge in [0.05, 0.1) is 6.26 Å². The second kappa shape index (κ2) is 6.76. The van der Waals surface area contributed by atoms with Crippen LogP contribution in [0.4, 0.5) is 0 Å². The van der Waals surface area contributed by atoms with Gasteiger partial charge in [0.1, 0.15) is 0 Å². The van der Waals surface area contributed by atoms with Crippen LogP contribution in [0.1, 0.15) is 38.5 Å². The minimum Gasteiger partial charge on any atom is -0.370 e. The van der Waals surface area contributed by atoms with Gasteiger partial charge < -0.3 is 10.6 Å². The van der Waals surface area contributed by atoms with Gasteiger partial charge in [0.25, 0.3) is 0 Å². The average Bonchev–Trinajstić information content (AvgIpc) is 2.82. The maximum atomic E-state index is 11.3. The first kappa shape index (κ1) is 15.6. The van der Waals surface area contributed by atoms with Gasteiger partial charge in [0.15, 0.2) is 5.96 Å². The van der Waals surface area contributed by atoms with Crippen molar-refractivity contribution in [1.82, 2.24) is 9.62 Å². The van der Waals surface area contributed by atoms with Gasteiger partial charge in [-0.3, -0.25) is 4.99 Å². The molecule has 0 bridgehead atoms. The molecule has 6 nitrogen and oxygen atoms in total. The summed E-state index contributed by atoms with van der Waals surface area (Å²) in [5.74, 6) is 0.891. The minimum atomic E-state index is -3.14. The van der Waals surface area contributed by atoms with Crippen molar-refractivity contribution >= 4 is 16.0 Å². The number of nitrogens with two attached hydrogens (primary N) is 1. The fourth-order valence-corrected chi connectivity index (χ4v) is 3.98. The monoisotopic (exact) mass is 302 g/mol. The normalized spacial score (nSPS) is 28.9. The zero-order valence-electron chi connectivity index (χ0n) is 12.2. The van der Waals surface area contributed by atoms with E-state index in [1.807, 2.05) is 0 Å². The second-order valence-electron chi connectivity index (χ2n) is 5.93. The molecule has 0 aromatic carbocycles. The van der Waals surface area contributed by atoms with E-state index in [-0.39, 0.29) is 12.0 Å². The highest BCUT2D eigenvalue weighted by Gasteiger charge is 2.29. The number of guanidine groups is 1. The molecule has 0 aromatic heterocycles. The van der Waals surface area contributed by atoms with Crippen LogP contribution in [0.15, 0.2) is 4.99 Å². The van der Waals surface area contributed by atoms with Gasteiger partial charge in [-0.15, -0.1) is 0 Å². The van der Waals surface area contributed by atoms with Crippen LogP contribution in [0.5, 0.6) is 0 Å². The van der Waals surface area contributed by atoms with Gasteiger partial charge in [-0.05, 0) is 38.0 Å². The summed E-state index contributed by atoms with van der Waals surface area (Å²) < 4.78 is 25.4. The molecule has 3 N–H and O–H groups in total. The maximum absolute atomic E-state index is 11.3. The number of hydrogen-bond donors (Lipinski definition) is 2. The Morgan fingerprint density at radius 2 is 1.95 bits per heavy atom. The number of likely N-dealkylation sites (tertiary alicyclic amines) is 1. The molecule has 116 valence electrons. The van der Waals surface area contributed by atoms with Crippen LogP contribution in [0, 0.1) is 5.92 Å². The molecule has 2 unspecified atom stereocenters. The topological polar surface area (TPSA) is 87.8 Å². The highest BCUT2D eigenvalue weighted by Crippen LogP contribution is 2.26. The summed E-state index contributed by atoms with van der Waals surface area (Å²) in [7, 11) is -3.14. The summed E-state index contributed by atoms with van der Waals surface area (Å²) in [6, 6.07) is 0.0166. The summed E-state index contributed by atoms with van der Waals surface area (Å²) in [6.45, 7) is 2.60. The molecule has 1 aliphatic heterocycles. The molecule has 1 saturated carbocycles. The third kappa shape index (κ3) is 4.63. The zero-order chi connectivity index (χ0) is 14.6. The third-order valence-corrected chi connectivity index (χ3v) is 4.92. The molecule has 0 amide bonds. The summed E-state index contributed by atoms with van der Waals surface area (Å²) in [5, 5.41) is 0. The molecule has 20 heavy (non-hydrogen) atoms. The SMILES string of the molecule is CS(=O)(=O)NC1CCCC1CN=C(N)N1CCCCC1. The van der Waals surface area contributed by atoms with Crippen molar-refractivity contribution in [2.45, 2.75) is 44.6 Å². The lowest BCUT2D eigenvalue weighted by Gasteiger charge is -2.28. The Balaban J connectivity index is 1.88. The lowest BCUT2D eigenvalue weighted by Crippen LogP contribution is -2.42. The molecule has 1 saturated heterocycles. The molecule has 7 heteroatoms. The van der Waals surface area contributed by atoms with Gasteiger partial charge in [-0.2, -0.15) is 0 Å². The molecule has 2 aliphatic rings. The summed E-state index contributed by atoms with van der Waals surface area (Å²) in [5.41, 5.74) is 6.04. The van der Waals surface area contributed by atoms with E-state index < -0.39 is 10.0 Å². The molecule has 1 aliphatic carbocycles. The lowest BCUT2D eigenvalue weighted by atomic mass is 10.1. The van der Waals surface area contributed by atoms with Crippen molar-refractivity contribution in [2.24, 2.45) is 16.6 Å². The molecule has 0 spiro atoms. The van der Waals surface area contributed by atoms with Gasteiger partial charge >= 0.3 is 0 Å². The number of sulfonamides is 1. The van der Waals surface area contributed by atoms with Crippen LogP contribution in [0.3, 0.4) is 0 Å². The van der Waals surface area contributed by atoms with Gasteiger partial charge in [0, 0.05) is 25.7 Å². The number of rotatable bonds is 4. The van der Waals surface area contributed by atoms with Crippen molar-refractivity contribution in [2.75, 3.05) is 25.9 Å². The molecule has 2 atom stereocenters. The maximum Gasteiger partial charge on any atom is 0.208 e. The predicted molar refractivity (Wildman–Crippen MR) is 81.0 cm³/mol. The first-order valence-electron chi connectivity index (χ1n) is 7.48. The van der Waals surface area contributed by atoms with E-state index in [1.165, 1.54) is 25.5 Å². The van der Waals surface area contributed by atoms with Crippen LogP contribution in [0.25, 0.3) is 0 Å². The van der Waals surface area contributed by atoms with Crippen molar-refractivity contribution in [3.8, 4) is 0 Å². The molecule has 2 rings (SSSR count). The van der Waals surface area contributed by atoms with Crippen LogP contribution >= 0.6 is 0 Å². The quantitative estimate of drug-likeness (QED) is 0.585. The average molecular weight is 302 g/mol. The van der Waals surface area contributed by atoms with Gasteiger partial charge in [0.2, 0.25) is 10.0 Å². The van der Waals surface area contributed by atoms with E-state index in [4.69, 9.17) is 5.73 Å². The van der Waals surface area contributed by atoms with Crippen molar-refractivity contribution < 1.29 is 8.42 Å². The predicted octanol–water partition coefficient (Wildman–Crippen LogP) is 0.505. The zero-order valence-corrected chi connectivity index (χ0v) is 13.0. The van der Waals surface area contributed by atoms with Gasteiger partial charge in [-0.25, -0.2) is 13.1 Å². The van der Waals surface area contributed by atoms with Crippen molar-refractivity contribution in [1.29, 1.82) is 0 Å². The van der Waals surface area contributed by atoms with Crippen molar-refractivity contribution in [3.63, 3.8) is 0 Å². The lowest BCUT2D eigenvalue weighted by molar-refractivity contribution is 0.336. The highest BCUT2D eigenvalue weighted by molar-refractivity contribution is 7.88. The Bertz CT molecular complexity index is 443. The Morgan fingerprint density at radius 1 is 1.25 bits per heavy atom. The number of aliphatic imine (C=N–C) groups is 1. The first-order chi connectivity index (χ1) is 9.46. The fraction of sp³-hybridized carbons (Fsp3) is 0.923. The first-order valence-corrected chi connectivity index (χ1v) is 9.37. The Morgan fingerprint density at radius 3 is 2.60 bits per heavy atom. The Hall–Kier alpha value is -0.820. The van der Waals surface area contributed by atoms with E-state index in [9.17, 15) is 8.42 Å². The van der Waals surface area contributed by atoms with E-state index in [0.29, 0.717) is 12.5 Å². The third-order valence-electron chi connectivity index (χ3n) is 4.19. The van der Waals surface area contributed by atoms with Crippen LogP contribution in [-0.4, -0.2) is 51.2 Å². The van der Waals surface area contributed by atoms with E-state index in [1.54, 1.807) is 0 Å². The van der Waals surface area contributed by atoms with Crippen LogP contribution in [-0.2, 0) is 10.0 Å². The smallest absolute Gasteiger partial charge is 0.208 e. The van der Waals surface area contributed by atoms with Crippen LogP contribution < -0.4 is 10.5 Å². The number of nitrogens with zero attached hydrogens (tertiary/aromatic N) is 2. The highest BCUT2D eigenvalue weighted by atomic mass is 32.2. The largest absolute Gasteiger partial charge is 0.370 e. The summed E-state index contributed by atoms with van der Waals surface area (Å²) >= 11 is 0. The molecule has 0 radical (unpaired) electrons. The minimum absolute atomic E-state index is 0.0166. The van der Waals surface area contributed by atoms with Crippen molar-refractivity contribution in [3.05, 3.63) is 0 Å². The van der Waals surface area contributed by atoms with E-state index in [0.717, 1.165) is 32.4 Å². The molecule has 0 aromatic rings. The Labute approximate surface area is 121 Å².